The van der Waals surface area contributed by atoms with Crippen molar-refractivity contribution in [2.45, 2.75) is 45.5 Å². The van der Waals surface area contributed by atoms with Gasteiger partial charge in [0, 0.05) is 32.7 Å². The van der Waals surface area contributed by atoms with E-state index >= 15 is 0 Å². The third-order valence-electron chi connectivity index (χ3n) is 5.25. The molecule has 8 nitrogen and oxygen atoms in total. The Kier molecular flexibility index (Phi) is 8.95. The van der Waals surface area contributed by atoms with Gasteiger partial charge < -0.3 is 19.4 Å². The van der Waals surface area contributed by atoms with Gasteiger partial charge in [0.2, 0.25) is 5.91 Å². The van der Waals surface area contributed by atoms with Crippen LogP contribution in [0.2, 0.25) is 0 Å². The van der Waals surface area contributed by atoms with Gasteiger partial charge in [-0.15, -0.1) is 0 Å². The van der Waals surface area contributed by atoms with E-state index < -0.39 is 0 Å². The zero-order chi connectivity index (χ0) is 23.1. The molecule has 0 aliphatic carbocycles. The highest BCUT2D eigenvalue weighted by molar-refractivity contribution is 7.99. The fraction of sp³-hybridized carbons (Fsp3) is 0.609. The lowest BCUT2D eigenvalue weighted by molar-refractivity contribution is -0.119. The van der Waals surface area contributed by atoms with Crippen LogP contribution in [0.4, 0.5) is 0 Å². The number of morpholine rings is 1. The average molecular weight is 463 g/mol. The molecule has 1 atom stereocenters. The average Bonchev–Trinajstić information content (AvgIpc) is 3.13. The van der Waals surface area contributed by atoms with Gasteiger partial charge in [0.25, 0.3) is 0 Å². The number of ether oxygens (including phenoxy) is 2. The Bertz CT molecular complexity index is 930. The van der Waals surface area contributed by atoms with Gasteiger partial charge in [-0.05, 0) is 38.0 Å². The number of hydrogen-bond acceptors (Lipinski definition) is 7. The molecule has 0 saturated carbocycles. The Hall–Kier alpha value is -2.10. The minimum Gasteiger partial charge on any atom is -0.462 e. The van der Waals surface area contributed by atoms with Crippen LogP contribution in [0, 0.1) is 5.92 Å². The van der Waals surface area contributed by atoms with Crippen LogP contribution < -0.4 is 5.32 Å². The number of nitrogens with one attached hydrogen (secondary N) is 1. The summed E-state index contributed by atoms with van der Waals surface area (Å²) in [4.78, 5) is 31.5. The summed E-state index contributed by atoms with van der Waals surface area (Å²) in [7, 11) is 0. The van der Waals surface area contributed by atoms with Crippen molar-refractivity contribution in [3.8, 4) is 0 Å². The van der Waals surface area contributed by atoms with Gasteiger partial charge in [-0.25, -0.2) is 9.78 Å². The van der Waals surface area contributed by atoms with E-state index in [9.17, 15) is 9.59 Å². The first-order valence-electron chi connectivity index (χ1n) is 11.3. The van der Waals surface area contributed by atoms with E-state index in [1.807, 2.05) is 13.0 Å². The molecule has 3 rings (SSSR count). The summed E-state index contributed by atoms with van der Waals surface area (Å²) >= 11 is 1.40. The number of rotatable bonds is 10. The first kappa shape index (κ1) is 24.5. The highest BCUT2D eigenvalue weighted by Gasteiger charge is 2.22. The maximum atomic E-state index is 12.4. The lowest BCUT2D eigenvalue weighted by atomic mass is 10.2. The number of carbonyl (C=O) groups is 2. The monoisotopic (exact) mass is 462 g/mol. The topological polar surface area (TPSA) is 85.7 Å². The molecule has 1 aliphatic rings. The molecule has 2 heterocycles. The highest BCUT2D eigenvalue weighted by Crippen LogP contribution is 2.25. The summed E-state index contributed by atoms with van der Waals surface area (Å²) in [6, 6.07) is 5.38. The largest absolute Gasteiger partial charge is 0.462 e. The van der Waals surface area contributed by atoms with Crippen molar-refractivity contribution in [3.63, 3.8) is 0 Å². The van der Waals surface area contributed by atoms with E-state index in [0.29, 0.717) is 31.2 Å². The van der Waals surface area contributed by atoms with Crippen LogP contribution in [0.1, 0.15) is 38.1 Å². The van der Waals surface area contributed by atoms with Crippen molar-refractivity contribution >= 4 is 34.7 Å². The molecule has 1 aliphatic heterocycles. The summed E-state index contributed by atoms with van der Waals surface area (Å²) in [5, 5.41) is 3.76. The van der Waals surface area contributed by atoms with E-state index in [4.69, 9.17) is 9.47 Å². The lowest BCUT2D eigenvalue weighted by Gasteiger charge is -2.33. The molecule has 0 bridgehead atoms. The Balaban J connectivity index is 1.55. The minimum absolute atomic E-state index is 0.0259. The summed E-state index contributed by atoms with van der Waals surface area (Å²) in [5.74, 6) is 0.495. The number of aryl methyl sites for hydroxylation is 1. The van der Waals surface area contributed by atoms with E-state index in [1.165, 1.54) is 11.8 Å². The normalized spacial score (nSPS) is 17.1. The van der Waals surface area contributed by atoms with E-state index in [1.54, 1.807) is 19.1 Å². The smallest absolute Gasteiger partial charge is 0.338 e. The summed E-state index contributed by atoms with van der Waals surface area (Å²) < 4.78 is 12.9. The van der Waals surface area contributed by atoms with Crippen molar-refractivity contribution in [1.82, 2.24) is 19.8 Å². The molecule has 1 fully saturated rings. The van der Waals surface area contributed by atoms with Crippen LogP contribution in [-0.2, 0) is 20.8 Å². The SMILES string of the molecule is CCOC(=O)c1ccc2c(c1)nc(SCC(=O)NC[C@H]1CN(CC(C)C)CCO1)n2CC. The molecule has 2 aromatic rings. The molecule has 1 N–H and O–H groups in total. The van der Waals surface area contributed by atoms with Crippen LogP contribution in [-0.4, -0.2) is 77.6 Å². The van der Waals surface area contributed by atoms with Crippen LogP contribution in [0.3, 0.4) is 0 Å². The number of aromatic nitrogens is 2. The number of hydrogen-bond donors (Lipinski definition) is 1. The van der Waals surface area contributed by atoms with Gasteiger partial charge >= 0.3 is 5.97 Å². The summed E-state index contributed by atoms with van der Waals surface area (Å²) in [6.07, 6.45) is 0.0259. The van der Waals surface area contributed by atoms with Crippen molar-refractivity contribution in [2.24, 2.45) is 5.92 Å². The molecule has 1 saturated heterocycles. The first-order chi connectivity index (χ1) is 15.4. The van der Waals surface area contributed by atoms with Crippen molar-refractivity contribution in [2.75, 3.05) is 45.1 Å². The Labute approximate surface area is 194 Å². The molecule has 1 aromatic heterocycles. The van der Waals surface area contributed by atoms with Gasteiger partial charge in [-0.2, -0.15) is 0 Å². The maximum absolute atomic E-state index is 12.4. The number of thioether (sulfide) groups is 1. The van der Waals surface area contributed by atoms with Gasteiger partial charge in [0.05, 0.1) is 41.7 Å². The fourth-order valence-corrected chi connectivity index (χ4v) is 4.77. The first-order valence-corrected chi connectivity index (χ1v) is 12.3. The highest BCUT2D eigenvalue weighted by atomic mass is 32.2. The van der Waals surface area contributed by atoms with Crippen LogP contribution in [0.25, 0.3) is 11.0 Å². The Morgan fingerprint density at radius 2 is 2.16 bits per heavy atom. The van der Waals surface area contributed by atoms with Crippen LogP contribution >= 0.6 is 11.8 Å². The Morgan fingerprint density at radius 3 is 2.88 bits per heavy atom. The van der Waals surface area contributed by atoms with E-state index in [-0.39, 0.29) is 23.7 Å². The zero-order valence-electron chi connectivity index (χ0n) is 19.4. The number of esters is 1. The maximum Gasteiger partial charge on any atom is 0.338 e. The second-order valence-corrected chi connectivity index (χ2v) is 9.24. The zero-order valence-corrected chi connectivity index (χ0v) is 20.2. The molecular weight excluding hydrogens is 428 g/mol. The number of benzene rings is 1. The van der Waals surface area contributed by atoms with Crippen LogP contribution in [0.5, 0.6) is 0 Å². The van der Waals surface area contributed by atoms with Crippen LogP contribution in [0.15, 0.2) is 23.4 Å². The van der Waals surface area contributed by atoms with Crippen molar-refractivity contribution in [1.29, 1.82) is 0 Å². The molecule has 0 radical (unpaired) electrons. The van der Waals surface area contributed by atoms with Gasteiger partial charge in [-0.1, -0.05) is 25.6 Å². The lowest BCUT2D eigenvalue weighted by Crippen LogP contribution is -2.48. The number of carbonyl (C=O) groups excluding carboxylic acids is 2. The number of nitrogens with zero attached hydrogens (tertiary/aromatic N) is 3. The van der Waals surface area contributed by atoms with Crippen molar-refractivity contribution in [3.05, 3.63) is 23.8 Å². The van der Waals surface area contributed by atoms with Gasteiger partial charge in [0.15, 0.2) is 5.16 Å². The van der Waals surface area contributed by atoms with Crippen molar-refractivity contribution < 1.29 is 19.1 Å². The molecular formula is C23H34N4O4S. The number of imidazole rings is 1. The van der Waals surface area contributed by atoms with E-state index in [2.05, 4.69) is 33.6 Å². The second-order valence-electron chi connectivity index (χ2n) is 8.30. The molecule has 0 unspecified atom stereocenters. The Morgan fingerprint density at radius 1 is 1.34 bits per heavy atom. The van der Waals surface area contributed by atoms with Gasteiger partial charge in [0.1, 0.15) is 0 Å². The molecule has 9 heteroatoms. The number of fused-ring (bicyclic) bond motifs is 1. The molecule has 1 aromatic carbocycles. The number of amides is 1. The van der Waals surface area contributed by atoms with E-state index in [0.717, 1.165) is 42.4 Å². The third kappa shape index (κ3) is 6.46. The molecule has 0 spiro atoms. The predicted molar refractivity (Wildman–Crippen MR) is 126 cm³/mol. The van der Waals surface area contributed by atoms with Gasteiger partial charge in [-0.3, -0.25) is 9.69 Å². The standard InChI is InChI=1S/C23H34N4O4S/c1-5-27-20-8-7-17(22(29)30-6-2)11-19(20)25-23(27)32-15-21(28)24-12-18-14-26(9-10-31-18)13-16(3)4/h7-8,11,16,18H,5-6,9-10,12-15H2,1-4H3,(H,24,28)/t18-/m0/s1. The minimum atomic E-state index is -0.356. The fourth-order valence-electron chi connectivity index (χ4n) is 3.86. The quantitative estimate of drug-likeness (QED) is 0.429. The summed E-state index contributed by atoms with van der Waals surface area (Å²) in [5.41, 5.74) is 2.14. The summed E-state index contributed by atoms with van der Waals surface area (Å²) in [6.45, 7) is 13.4. The molecule has 1 amide bonds. The molecule has 176 valence electrons. The third-order valence-corrected chi connectivity index (χ3v) is 6.22. The second kappa shape index (κ2) is 11.7. The predicted octanol–water partition coefficient (Wildman–Crippen LogP) is 2.80. The molecule has 32 heavy (non-hydrogen) atoms.